The minimum atomic E-state index is -0.327. The summed E-state index contributed by atoms with van der Waals surface area (Å²) in [5.41, 5.74) is 2.78. The zero-order valence-corrected chi connectivity index (χ0v) is 17.6. The van der Waals surface area contributed by atoms with Crippen LogP contribution >= 0.6 is 0 Å². The minimum absolute atomic E-state index is 0.251. The summed E-state index contributed by atoms with van der Waals surface area (Å²) in [4.78, 5) is 23.5. The van der Waals surface area contributed by atoms with Crippen molar-refractivity contribution in [3.05, 3.63) is 47.7 Å². The van der Waals surface area contributed by atoms with E-state index in [9.17, 15) is 9.18 Å². The maximum absolute atomic E-state index is 13.3. The van der Waals surface area contributed by atoms with E-state index >= 15 is 0 Å². The van der Waals surface area contributed by atoms with Crippen LogP contribution in [0.25, 0.3) is 11.3 Å². The predicted molar refractivity (Wildman–Crippen MR) is 113 cm³/mol. The summed E-state index contributed by atoms with van der Waals surface area (Å²) >= 11 is 0. The number of carbonyl (C=O) groups is 1. The van der Waals surface area contributed by atoms with Gasteiger partial charge in [-0.1, -0.05) is 6.92 Å². The van der Waals surface area contributed by atoms with Crippen LogP contribution in [-0.2, 0) is 4.74 Å². The van der Waals surface area contributed by atoms with Gasteiger partial charge in [0.15, 0.2) is 0 Å². The Balaban J connectivity index is 1.45. The molecule has 1 N–H and O–H groups in total. The van der Waals surface area contributed by atoms with E-state index in [1.807, 2.05) is 13.8 Å². The topological polar surface area (TPSA) is 67.3 Å². The first-order chi connectivity index (χ1) is 14.5. The Labute approximate surface area is 176 Å². The molecule has 160 valence electrons. The number of halogens is 1. The molecular formula is C23H29FN4O2. The molecule has 2 bridgehead atoms. The fourth-order valence-electron chi connectivity index (χ4n) is 4.65. The highest BCUT2D eigenvalue weighted by molar-refractivity contribution is 5.67. The van der Waals surface area contributed by atoms with Gasteiger partial charge in [0.25, 0.3) is 0 Å². The molecule has 30 heavy (non-hydrogen) atoms. The number of alkyl carbamates (subject to hydrolysis) is 1. The van der Waals surface area contributed by atoms with E-state index in [1.54, 1.807) is 12.1 Å². The molecule has 3 fully saturated rings. The van der Waals surface area contributed by atoms with Crippen LogP contribution in [0.5, 0.6) is 0 Å². The first kappa shape index (κ1) is 20.7. The van der Waals surface area contributed by atoms with Crippen molar-refractivity contribution >= 4 is 6.09 Å². The molecule has 1 aromatic carbocycles. The van der Waals surface area contributed by atoms with Gasteiger partial charge >= 0.3 is 6.09 Å². The molecule has 4 heterocycles. The summed E-state index contributed by atoms with van der Waals surface area (Å²) in [6.45, 7) is 6.94. The van der Waals surface area contributed by atoms with E-state index in [0.29, 0.717) is 25.0 Å². The maximum Gasteiger partial charge on any atom is 0.407 e. The highest BCUT2D eigenvalue weighted by atomic mass is 19.1. The third-order valence-electron chi connectivity index (χ3n) is 6.18. The summed E-state index contributed by atoms with van der Waals surface area (Å²) < 4.78 is 18.7. The molecule has 4 atom stereocenters. The average molecular weight is 413 g/mol. The Morgan fingerprint density at radius 3 is 2.80 bits per heavy atom. The minimum Gasteiger partial charge on any atom is -0.448 e. The second-order valence-electron chi connectivity index (χ2n) is 8.30. The van der Waals surface area contributed by atoms with Gasteiger partial charge in [-0.15, -0.1) is 0 Å². The number of ether oxygens (including phenoxy) is 1. The Bertz CT molecular complexity index is 889. The summed E-state index contributed by atoms with van der Waals surface area (Å²) in [7, 11) is 0. The molecule has 6 nitrogen and oxygen atoms in total. The third kappa shape index (κ3) is 4.61. The first-order valence-electron chi connectivity index (χ1n) is 10.8. The van der Waals surface area contributed by atoms with Crippen molar-refractivity contribution in [3.8, 4) is 11.3 Å². The first-order valence-corrected chi connectivity index (χ1v) is 10.8. The van der Waals surface area contributed by atoms with Crippen molar-refractivity contribution < 1.29 is 13.9 Å². The van der Waals surface area contributed by atoms with Crippen LogP contribution in [0.2, 0.25) is 0 Å². The van der Waals surface area contributed by atoms with Gasteiger partial charge in [-0.25, -0.2) is 19.2 Å². The molecule has 1 aromatic heterocycles. The number of piperidine rings is 3. The van der Waals surface area contributed by atoms with Crippen LogP contribution in [-0.4, -0.2) is 53.2 Å². The monoisotopic (exact) mass is 412 g/mol. The fourth-order valence-corrected chi connectivity index (χ4v) is 4.65. The van der Waals surface area contributed by atoms with E-state index < -0.39 is 0 Å². The van der Waals surface area contributed by atoms with Crippen molar-refractivity contribution in [1.82, 2.24) is 20.2 Å². The quantitative estimate of drug-likeness (QED) is 0.779. The Kier molecular flexibility index (Phi) is 6.27. The van der Waals surface area contributed by atoms with Gasteiger partial charge in [0.2, 0.25) is 0 Å². The van der Waals surface area contributed by atoms with E-state index in [1.165, 1.54) is 12.1 Å². The van der Waals surface area contributed by atoms with E-state index in [0.717, 1.165) is 55.1 Å². The Morgan fingerprint density at radius 1 is 1.30 bits per heavy atom. The third-order valence-corrected chi connectivity index (χ3v) is 6.18. The van der Waals surface area contributed by atoms with Gasteiger partial charge in [0, 0.05) is 36.3 Å². The van der Waals surface area contributed by atoms with E-state index in [-0.39, 0.29) is 18.0 Å². The zero-order chi connectivity index (χ0) is 21.1. The van der Waals surface area contributed by atoms with Crippen molar-refractivity contribution in [3.63, 3.8) is 0 Å². The molecule has 1 unspecified atom stereocenters. The maximum atomic E-state index is 13.3. The number of carbonyl (C=O) groups excluding carboxylic acids is 1. The van der Waals surface area contributed by atoms with Crippen molar-refractivity contribution in [2.75, 3.05) is 26.2 Å². The van der Waals surface area contributed by atoms with Gasteiger partial charge in [-0.05, 0) is 69.0 Å². The predicted octanol–water partition coefficient (Wildman–Crippen LogP) is 3.91. The number of benzene rings is 1. The number of nitrogens with one attached hydrogen (secondary N) is 1. The molecule has 0 aliphatic carbocycles. The second-order valence-corrected chi connectivity index (χ2v) is 8.30. The van der Waals surface area contributed by atoms with E-state index in [4.69, 9.17) is 9.72 Å². The van der Waals surface area contributed by atoms with Crippen LogP contribution in [0.15, 0.2) is 30.3 Å². The zero-order valence-electron chi connectivity index (χ0n) is 17.6. The van der Waals surface area contributed by atoms with Gasteiger partial charge in [0.05, 0.1) is 5.69 Å². The largest absolute Gasteiger partial charge is 0.448 e. The van der Waals surface area contributed by atoms with Crippen LogP contribution in [0, 0.1) is 18.7 Å². The molecule has 3 aliphatic rings. The molecule has 2 aromatic rings. The van der Waals surface area contributed by atoms with Gasteiger partial charge in [-0.3, -0.25) is 4.90 Å². The normalized spacial score (nSPS) is 25.2. The Morgan fingerprint density at radius 2 is 2.10 bits per heavy atom. The van der Waals surface area contributed by atoms with Crippen molar-refractivity contribution in [2.45, 2.75) is 45.1 Å². The van der Waals surface area contributed by atoms with Crippen LogP contribution < -0.4 is 5.32 Å². The van der Waals surface area contributed by atoms with Gasteiger partial charge in [-0.2, -0.15) is 0 Å². The average Bonchev–Trinajstić information content (AvgIpc) is 2.76. The summed E-state index contributed by atoms with van der Waals surface area (Å²) in [5, 5.41) is 2.76. The highest BCUT2D eigenvalue weighted by Crippen LogP contribution is 2.41. The SMILES string of the molecule is CCCNC(=O)OC[C@H]1C[C@@H]2CCN1C[C@@H]2c1cc(-c2ccc(F)cc2)nc(C)n1. The number of aryl methyl sites for hydroxylation is 1. The number of hydrogen-bond donors (Lipinski definition) is 1. The van der Waals surface area contributed by atoms with Gasteiger partial charge in [0.1, 0.15) is 18.2 Å². The number of nitrogens with zero attached hydrogens (tertiary/aromatic N) is 3. The second kappa shape index (κ2) is 9.08. The lowest BCUT2D eigenvalue weighted by Crippen LogP contribution is -2.54. The molecule has 3 saturated heterocycles. The standard InChI is InChI=1S/C23H29FN4O2/c1-3-9-25-23(29)30-14-19-11-17-8-10-28(19)13-20(17)22-12-21(26-15(2)27-22)16-4-6-18(24)7-5-16/h4-7,12,17,19-20H,3,8-11,13-14H2,1-2H3,(H,25,29)/t17-,19+,20-/m0/s1. The molecule has 3 aliphatic heterocycles. The lowest BCUT2D eigenvalue weighted by atomic mass is 9.74. The molecule has 7 heteroatoms. The van der Waals surface area contributed by atoms with Crippen LogP contribution in [0.1, 0.15) is 43.6 Å². The number of rotatable bonds is 6. The molecular weight excluding hydrogens is 383 g/mol. The summed E-state index contributed by atoms with van der Waals surface area (Å²) in [6.07, 6.45) is 2.69. The molecule has 0 radical (unpaired) electrons. The molecule has 0 spiro atoms. The number of hydrogen-bond acceptors (Lipinski definition) is 5. The van der Waals surface area contributed by atoms with Crippen molar-refractivity contribution in [2.24, 2.45) is 5.92 Å². The lowest BCUT2D eigenvalue weighted by molar-refractivity contribution is -0.00346. The number of amides is 1. The summed E-state index contributed by atoms with van der Waals surface area (Å²) in [6, 6.07) is 8.76. The fraction of sp³-hybridized carbons (Fsp3) is 0.522. The van der Waals surface area contributed by atoms with E-state index in [2.05, 4.69) is 21.3 Å². The number of aromatic nitrogens is 2. The number of fused-ring (bicyclic) bond motifs is 3. The van der Waals surface area contributed by atoms with Crippen LogP contribution in [0.4, 0.5) is 9.18 Å². The van der Waals surface area contributed by atoms with Crippen molar-refractivity contribution in [1.29, 1.82) is 0 Å². The van der Waals surface area contributed by atoms with Gasteiger partial charge < -0.3 is 10.1 Å². The smallest absolute Gasteiger partial charge is 0.407 e. The Hall–Kier alpha value is -2.54. The molecule has 1 amide bonds. The van der Waals surface area contributed by atoms with Crippen LogP contribution in [0.3, 0.4) is 0 Å². The molecule has 0 saturated carbocycles. The summed E-state index contributed by atoms with van der Waals surface area (Å²) in [5.74, 6) is 1.33. The lowest BCUT2D eigenvalue weighted by Gasteiger charge is -2.49. The molecule has 5 rings (SSSR count). The highest BCUT2D eigenvalue weighted by Gasteiger charge is 2.41.